The number of rotatable bonds is 6. The first kappa shape index (κ1) is 32.6. The molecule has 0 aliphatic heterocycles. The van der Waals surface area contributed by atoms with E-state index in [9.17, 15) is 9.90 Å². The predicted molar refractivity (Wildman–Crippen MR) is 170 cm³/mol. The zero-order valence-electron chi connectivity index (χ0n) is 25.1. The molecular weight excluding hydrogens is 705 g/mol. The molecule has 5 rings (SSSR count). The van der Waals surface area contributed by atoms with Crippen molar-refractivity contribution in [3.8, 4) is 11.3 Å². The molecule has 0 amide bonds. The second-order valence-corrected chi connectivity index (χ2v) is 12.5. The van der Waals surface area contributed by atoms with E-state index in [2.05, 4.69) is 82.3 Å². The molecule has 0 unspecified atom stereocenters. The summed E-state index contributed by atoms with van der Waals surface area (Å²) < 4.78 is 2.50. The van der Waals surface area contributed by atoms with Gasteiger partial charge in [-0.25, -0.2) is 11.3 Å². The number of ketones is 1. The van der Waals surface area contributed by atoms with Gasteiger partial charge in [0.25, 0.3) is 0 Å². The van der Waals surface area contributed by atoms with Crippen LogP contribution in [0, 0.1) is 17.9 Å². The number of pyridine rings is 2. The van der Waals surface area contributed by atoms with Crippen molar-refractivity contribution in [1.82, 2.24) is 9.97 Å². The smallest absolute Gasteiger partial charge is 0.161 e. The van der Waals surface area contributed by atoms with Crippen molar-refractivity contribution in [1.29, 1.82) is 0 Å². The molecule has 2 aromatic carbocycles. The number of hydrogen-bond donors (Lipinski definition) is 1. The summed E-state index contributed by atoms with van der Waals surface area (Å²) in [6.45, 7) is 16.3. The molecule has 0 bridgehead atoms. The number of aliphatic hydroxyl groups is 1. The molecule has 41 heavy (non-hydrogen) atoms. The number of para-hydroxylation sites is 1. The van der Waals surface area contributed by atoms with Gasteiger partial charge >= 0.3 is 0 Å². The number of carbonyl (C=O) groups is 1. The molecular formula is C35H39IrN2O2S-. The number of thiophene rings is 1. The first-order valence-corrected chi connectivity index (χ1v) is 14.9. The molecule has 5 aromatic rings. The number of aromatic nitrogens is 2. The first-order valence-electron chi connectivity index (χ1n) is 14.1. The minimum atomic E-state index is -0.0316. The number of fused-ring (bicyclic) bond motifs is 4. The summed E-state index contributed by atoms with van der Waals surface area (Å²) in [6.07, 6.45) is 3.12. The fourth-order valence-corrected chi connectivity index (χ4v) is 6.01. The number of hydrogen-bond acceptors (Lipinski definition) is 5. The van der Waals surface area contributed by atoms with Gasteiger partial charge in [-0.15, -0.1) is 5.56 Å². The SMILES string of the molecule is CC(C)C(=O)/C=C(\O)C(C)C.CC(C)c1cc(-c2[c-]cnc3c2sc2c(C(C)C)cccc23)nc2ccccc12.[Ir]. The normalized spacial score (nSPS) is 12.0. The molecule has 1 N–H and O–H groups in total. The van der Waals surface area contributed by atoms with Crippen molar-refractivity contribution in [2.75, 3.05) is 0 Å². The Hall–Kier alpha value is -2.92. The number of carbonyl (C=O) groups excluding carboxylic acids is 1. The van der Waals surface area contributed by atoms with E-state index in [0.717, 1.165) is 22.3 Å². The van der Waals surface area contributed by atoms with Crippen LogP contribution >= 0.6 is 11.3 Å². The van der Waals surface area contributed by atoms with Gasteiger partial charge in [0.05, 0.1) is 11.3 Å². The molecule has 0 saturated heterocycles. The fourth-order valence-electron chi connectivity index (χ4n) is 4.58. The summed E-state index contributed by atoms with van der Waals surface area (Å²) in [4.78, 5) is 20.7. The molecule has 4 nitrogen and oxygen atoms in total. The van der Waals surface area contributed by atoms with Crippen LogP contribution in [0.1, 0.15) is 78.4 Å². The monoisotopic (exact) mass is 744 g/mol. The van der Waals surface area contributed by atoms with E-state index < -0.39 is 0 Å². The molecule has 0 spiro atoms. The summed E-state index contributed by atoms with van der Waals surface area (Å²) in [7, 11) is 0. The van der Waals surface area contributed by atoms with Crippen LogP contribution in [0.25, 0.3) is 42.5 Å². The van der Waals surface area contributed by atoms with Gasteiger partial charge in [-0.3, -0.25) is 9.78 Å². The van der Waals surface area contributed by atoms with Gasteiger partial charge in [-0.1, -0.05) is 97.9 Å². The van der Waals surface area contributed by atoms with Gasteiger partial charge in [0, 0.05) is 59.0 Å². The van der Waals surface area contributed by atoms with E-state index in [1.54, 1.807) is 6.20 Å². The van der Waals surface area contributed by atoms with Crippen LogP contribution in [0.2, 0.25) is 0 Å². The Bertz CT molecular complexity index is 1700. The third-order valence-corrected chi connectivity index (χ3v) is 8.31. The van der Waals surface area contributed by atoms with Crippen LogP contribution in [0.5, 0.6) is 0 Å². The summed E-state index contributed by atoms with van der Waals surface area (Å²) >= 11 is 1.82. The number of allylic oxidation sites excluding steroid dienone is 2. The van der Waals surface area contributed by atoms with Crippen molar-refractivity contribution in [3.63, 3.8) is 0 Å². The van der Waals surface area contributed by atoms with E-state index in [0.29, 0.717) is 11.8 Å². The quantitative estimate of drug-likeness (QED) is 0.107. The molecule has 6 heteroatoms. The number of aliphatic hydroxyl groups excluding tert-OH is 1. The number of nitrogens with zero attached hydrogens (tertiary/aromatic N) is 2. The molecule has 3 heterocycles. The van der Waals surface area contributed by atoms with Gasteiger partial charge in [-0.2, -0.15) is 6.07 Å². The summed E-state index contributed by atoms with van der Waals surface area (Å²) in [5.41, 5.74) is 6.84. The standard InChI is InChI=1S/C26H23N2S.C9H16O2.Ir/c1-15(2)17-9-7-10-20-24-26(29-25(17)20)19(12-13-27-24)23-14-21(16(3)4)18-8-5-6-11-22(18)28-23;1-6(2)8(10)5-9(11)7(3)4;/h5-11,13-16H,1-4H3;5-7,10H,1-4H3;/q-1;;/b;8-5-;. The van der Waals surface area contributed by atoms with E-state index in [4.69, 9.17) is 9.97 Å². The van der Waals surface area contributed by atoms with Crippen LogP contribution in [0.3, 0.4) is 0 Å². The van der Waals surface area contributed by atoms with Crippen LogP contribution in [-0.4, -0.2) is 20.9 Å². The maximum Gasteiger partial charge on any atom is 0.161 e. The van der Waals surface area contributed by atoms with Crippen molar-refractivity contribution in [2.45, 2.75) is 67.2 Å². The van der Waals surface area contributed by atoms with Crippen LogP contribution in [0.15, 0.2) is 66.6 Å². The Morgan fingerprint density at radius 2 is 1.51 bits per heavy atom. The predicted octanol–water partition coefficient (Wildman–Crippen LogP) is 10.0. The first-order chi connectivity index (χ1) is 19.0. The van der Waals surface area contributed by atoms with E-state index in [1.165, 1.54) is 37.4 Å². The Balaban J connectivity index is 0.000000331. The Morgan fingerprint density at radius 3 is 2.15 bits per heavy atom. The molecule has 0 fully saturated rings. The minimum absolute atomic E-state index is 0. The summed E-state index contributed by atoms with van der Waals surface area (Å²) in [5.74, 6) is 1.06. The zero-order chi connectivity index (χ0) is 29.1. The molecule has 0 aliphatic rings. The molecule has 0 aliphatic carbocycles. The molecule has 217 valence electrons. The fraction of sp³-hybridized carbons (Fsp3) is 0.343. The van der Waals surface area contributed by atoms with E-state index >= 15 is 0 Å². The minimum Gasteiger partial charge on any atom is -0.512 e. The van der Waals surface area contributed by atoms with Gasteiger partial charge in [-0.05, 0) is 45.6 Å². The average Bonchev–Trinajstić information content (AvgIpc) is 3.31. The van der Waals surface area contributed by atoms with E-state index in [-0.39, 0.29) is 43.5 Å². The molecule has 3 aromatic heterocycles. The molecule has 1 radical (unpaired) electrons. The topological polar surface area (TPSA) is 63.1 Å². The summed E-state index contributed by atoms with van der Waals surface area (Å²) in [6, 6.07) is 20.6. The zero-order valence-corrected chi connectivity index (χ0v) is 28.3. The number of benzene rings is 2. The second kappa shape index (κ2) is 13.8. The van der Waals surface area contributed by atoms with Gasteiger partial charge in [0.2, 0.25) is 0 Å². The Labute approximate surface area is 261 Å². The largest absolute Gasteiger partial charge is 0.512 e. The van der Waals surface area contributed by atoms with Gasteiger partial charge < -0.3 is 10.1 Å². The van der Waals surface area contributed by atoms with Crippen molar-refractivity contribution < 1.29 is 30.0 Å². The maximum absolute atomic E-state index is 11.0. The second-order valence-electron chi connectivity index (χ2n) is 11.5. The maximum atomic E-state index is 11.0. The van der Waals surface area contributed by atoms with E-state index in [1.807, 2.05) is 39.0 Å². The van der Waals surface area contributed by atoms with Crippen LogP contribution < -0.4 is 0 Å². The van der Waals surface area contributed by atoms with Crippen molar-refractivity contribution in [3.05, 3.63) is 83.8 Å². The Kier molecular flexibility index (Phi) is 11.0. The Morgan fingerprint density at radius 1 is 0.854 bits per heavy atom. The molecule has 0 saturated carbocycles. The third-order valence-electron chi connectivity index (χ3n) is 7.05. The summed E-state index contributed by atoms with van der Waals surface area (Å²) in [5, 5.41) is 11.7. The van der Waals surface area contributed by atoms with Crippen LogP contribution in [0.4, 0.5) is 0 Å². The van der Waals surface area contributed by atoms with Gasteiger partial charge in [0.15, 0.2) is 5.78 Å². The van der Waals surface area contributed by atoms with Crippen LogP contribution in [-0.2, 0) is 24.9 Å². The third kappa shape index (κ3) is 7.12. The molecule has 0 atom stereocenters. The van der Waals surface area contributed by atoms with Crippen molar-refractivity contribution >= 4 is 48.3 Å². The van der Waals surface area contributed by atoms with Gasteiger partial charge in [0.1, 0.15) is 0 Å². The van der Waals surface area contributed by atoms with Crippen molar-refractivity contribution in [2.24, 2.45) is 11.8 Å². The average molecular weight is 744 g/mol.